The molecule has 7 nitrogen and oxygen atoms in total. The highest BCUT2D eigenvalue weighted by molar-refractivity contribution is 5.71. The Balaban J connectivity index is 0.000000272. The van der Waals surface area contributed by atoms with Gasteiger partial charge in [0.15, 0.2) is 24.6 Å². The van der Waals surface area contributed by atoms with Crippen LogP contribution in [0.4, 0.5) is 0 Å². The third kappa shape index (κ3) is 8.56. The topological polar surface area (TPSA) is 121 Å². The Morgan fingerprint density at radius 1 is 1.20 bits per heavy atom. The number of nitrogens with one attached hydrogen (secondary N) is 1. The number of H-pyrrole nitrogens is 1. The number of aliphatic hydroxyl groups is 2. The van der Waals surface area contributed by atoms with E-state index in [0.29, 0.717) is 17.7 Å². The predicted molar refractivity (Wildman–Crippen MR) is 69.4 cm³/mol. The zero-order valence-corrected chi connectivity index (χ0v) is 10.5. The molecule has 2 aromatic heterocycles. The van der Waals surface area contributed by atoms with Crippen molar-refractivity contribution in [3.05, 3.63) is 48.2 Å². The highest BCUT2D eigenvalue weighted by Crippen LogP contribution is 1.92. The Bertz CT molecular complexity index is 425. The lowest BCUT2D eigenvalue weighted by atomic mass is 10.4. The van der Waals surface area contributed by atoms with E-state index >= 15 is 0 Å². The zero-order chi connectivity index (χ0) is 15.2. The molecule has 3 N–H and O–H groups in total. The van der Waals surface area contributed by atoms with E-state index in [-0.39, 0.29) is 6.29 Å². The van der Waals surface area contributed by atoms with Gasteiger partial charge in [-0.25, -0.2) is 0 Å². The van der Waals surface area contributed by atoms with Gasteiger partial charge in [0.2, 0.25) is 0 Å². The van der Waals surface area contributed by atoms with Crippen molar-refractivity contribution in [2.24, 2.45) is 0 Å². The van der Waals surface area contributed by atoms with E-state index < -0.39 is 12.7 Å². The summed E-state index contributed by atoms with van der Waals surface area (Å²) in [4.78, 5) is 31.7. The van der Waals surface area contributed by atoms with Gasteiger partial charge >= 0.3 is 0 Å². The molecule has 0 aliphatic heterocycles. The number of carbonyl (C=O) groups excluding carboxylic acids is 3. The summed E-state index contributed by atoms with van der Waals surface area (Å²) in [5.74, 6) is 0.375. The zero-order valence-electron chi connectivity index (χ0n) is 10.5. The Kier molecular flexibility index (Phi) is 10.1. The first-order chi connectivity index (χ1) is 9.67. The summed E-state index contributed by atoms with van der Waals surface area (Å²) in [5, 5.41) is 15.9. The molecule has 2 heterocycles. The lowest BCUT2D eigenvalue weighted by molar-refractivity contribution is -0.116. The average Bonchev–Trinajstić information content (AvgIpc) is 3.19. The second-order valence-electron chi connectivity index (χ2n) is 3.26. The third-order valence-electron chi connectivity index (χ3n) is 1.75. The van der Waals surface area contributed by atoms with E-state index in [2.05, 4.69) is 9.40 Å². The quantitative estimate of drug-likeness (QED) is 0.700. The SMILES string of the molecule is O=CC(O)CO.O=Cc1ccc[nH]1.O=Cc1ccco1. The van der Waals surface area contributed by atoms with Gasteiger partial charge in [0, 0.05) is 6.20 Å². The first kappa shape index (κ1) is 17.5. The molecular weight excluding hydrogens is 266 g/mol. The number of hydrogen-bond donors (Lipinski definition) is 3. The van der Waals surface area contributed by atoms with Crippen LogP contribution in [-0.4, -0.2) is 46.8 Å². The van der Waals surface area contributed by atoms with Gasteiger partial charge in [0.05, 0.1) is 18.6 Å². The van der Waals surface area contributed by atoms with Gasteiger partial charge < -0.3 is 24.4 Å². The number of aromatic amines is 1. The normalized spacial score (nSPS) is 10.1. The number of aromatic nitrogens is 1. The lowest BCUT2D eigenvalue weighted by Gasteiger charge is -1.89. The van der Waals surface area contributed by atoms with Gasteiger partial charge in [0.25, 0.3) is 0 Å². The summed E-state index contributed by atoms with van der Waals surface area (Å²) in [7, 11) is 0. The molecule has 0 aliphatic rings. The maximum absolute atomic E-state index is 9.84. The number of aldehydes is 3. The van der Waals surface area contributed by atoms with Gasteiger partial charge in [0.1, 0.15) is 6.10 Å². The van der Waals surface area contributed by atoms with Crippen LogP contribution in [0, 0.1) is 0 Å². The van der Waals surface area contributed by atoms with Crippen LogP contribution in [0.3, 0.4) is 0 Å². The van der Waals surface area contributed by atoms with Crippen molar-refractivity contribution in [1.29, 1.82) is 0 Å². The van der Waals surface area contributed by atoms with E-state index in [9.17, 15) is 14.4 Å². The van der Waals surface area contributed by atoms with Crippen molar-refractivity contribution in [3.63, 3.8) is 0 Å². The highest BCUT2D eigenvalue weighted by atomic mass is 16.3. The fourth-order valence-electron chi connectivity index (χ4n) is 0.819. The van der Waals surface area contributed by atoms with Crippen LogP contribution in [-0.2, 0) is 4.79 Å². The van der Waals surface area contributed by atoms with E-state index in [4.69, 9.17) is 10.2 Å². The van der Waals surface area contributed by atoms with E-state index in [0.717, 1.165) is 6.29 Å². The van der Waals surface area contributed by atoms with Crippen LogP contribution in [0.25, 0.3) is 0 Å². The number of aliphatic hydroxyl groups excluding tert-OH is 2. The molecule has 0 saturated carbocycles. The second kappa shape index (κ2) is 11.6. The Hall–Kier alpha value is -2.51. The molecule has 0 radical (unpaired) electrons. The van der Waals surface area contributed by atoms with E-state index in [1.165, 1.54) is 6.26 Å². The van der Waals surface area contributed by atoms with Crippen LogP contribution in [0.5, 0.6) is 0 Å². The van der Waals surface area contributed by atoms with Crippen molar-refractivity contribution in [1.82, 2.24) is 4.98 Å². The number of carbonyl (C=O) groups is 3. The molecule has 1 unspecified atom stereocenters. The minimum Gasteiger partial charge on any atom is -0.462 e. The van der Waals surface area contributed by atoms with Crippen molar-refractivity contribution < 1.29 is 29.0 Å². The molecule has 7 heteroatoms. The van der Waals surface area contributed by atoms with E-state index in [1.807, 2.05) is 0 Å². The Labute approximate surface area is 114 Å². The molecule has 1 atom stereocenters. The summed E-state index contributed by atoms with van der Waals surface area (Å²) in [5.41, 5.74) is 0.625. The molecule has 0 aliphatic carbocycles. The predicted octanol–water partition coefficient (Wildman–Crippen LogP) is 0.458. The highest BCUT2D eigenvalue weighted by Gasteiger charge is 1.92. The lowest BCUT2D eigenvalue weighted by Crippen LogP contribution is -2.12. The summed E-state index contributed by atoms with van der Waals surface area (Å²) in [6.07, 6.45) is 3.71. The van der Waals surface area contributed by atoms with Crippen LogP contribution < -0.4 is 0 Å². The molecule has 0 spiro atoms. The minimum atomic E-state index is -1.19. The molecule has 0 bridgehead atoms. The fourth-order valence-corrected chi connectivity index (χ4v) is 0.819. The summed E-state index contributed by atoms with van der Waals surface area (Å²) in [6.45, 7) is -0.483. The molecule has 2 rings (SSSR count). The van der Waals surface area contributed by atoms with Crippen LogP contribution >= 0.6 is 0 Å². The van der Waals surface area contributed by atoms with Crippen molar-refractivity contribution in [2.75, 3.05) is 6.61 Å². The van der Waals surface area contributed by atoms with Crippen molar-refractivity contribution in [2.45, 2.75) is 6.10 Å². The molecule has 20 heavy (non-hydrogen) atoms. The second-order valence-corrected chi connectivity index (χ2v) is 3.26. The van der Waals surface area contributed by atoms with Gasteiger partial charge in [-0.3, -0.25) is 9.59 Å². The van der Waals surface area contributed by atoms with Gasteiger partial charge in [-0.1, -0.05) is 0 Å². The Morgan fingerprint density at radius 2 is 1.95 bits per heavy atom. The van der Waals surface area contributed by atoms with Gasteiger partial charge in [-0.15, -0.1) is 0 Å². The fraction of sp³-hybridized carbons (Fsp3) is 0.154. The van der Waals surface area contributed by atoms with Gasteiger partial charge in [-0.05, 0) is 24.3 Å². The molecule has 0 fully saturated rings. The first-order valence-electron chi connectivity index (χ1n) is 5.49. The average molecular weight is 281 g/mol. The third-order valence-corrected chi connectivity index (χ3v) is 1.75. The number of furan rings is 1. The molecular formula is C13H15NO6. The largest absolute Gasteiger partial charge is 0.462 e. The maximum Gasteiger partial charge on any atom is 0.185 e. The maximum atomic E-state index is 9.84. The molecule has 0 amide bonds. The minimum absolute atomic E-state index is 0.278. The number of hydrogen-bond acceptors (Lipinski definition) is 6. The summed E-state index contributed by atoms with van der Waals surface area (Å²) < 4.78 is 4.61. The standard InChI is InChI=1S/C5H5NO.C5H4O2.C3H6O3/c7-4-5-2-1-3-6-5;6-4-5-2-1-3-7-5;4-1-3(6)2-5/h1-4,6H;1-4H;1,3,5-6H,2H2. The molecule has 2 aromatic rings. The molecule has 108 valence electrons. The van der Waals surface area contributed by atoms with E-state index in [1.54, 1.807) is 30.5 Å². The van der Waals surface area contributed by atoms with Crippen molar-refractivity contribution >= 4 is 18.9 Å². The molecule has 0 aromatic carbocycles. The Morgan fingerprint density at radius 3 is 2.15 bits per heavy atom. The van der Waals surface area contributed by atoms with Gasteiger partial charge in [-0.2, -0.15) is 0 Å². The number of rotatable bonds is 4. The van der Waals surface area contributed by atoms with Crippen LogP contribution in [0.15, 0.2) is 41.1 Å². The van der Waals surface area contributed by atoms with Crippen LogP contribution in [0.1, 0.15) is 21.0 Å². The summed E-state index contributed by atoms with van der Waals surface area (Å²) in [6, 6.07) is 6.77. The monoisotopic (exact) mass is 281 g/mol. The molecule has 0 saturated heterocycles. The first-order valence-corrected chi connectivity index (χ1v) is 5.49. The smallest absolute Gasteiger partial charge is 0.185 e. The summed E-state index contributed by atoms with van der Waals surface area (Å²) >= 11 is 0. The van der Waals surface area contributed by atoms with Crippen molar-refractivity contribution in [3.8, 4) is 0 Å². The van der Waals surface area contributed by atoms with Crippen LogP contribution in [0.2, 0.25) is 0 Å².